The molecule has 0 bridgehead atoms. The first kappa shape index (κ1) is 10.5. The van der Waals surface area contributed by atoms with E-state index in [1.807, 2.05) is 0 Å². The van der Waals surface area contributed by atoms with Gasteiger partial charge in [0.25, 0.3) is 0 Å². The topological polar surface area (TPSA) is 67.3 Å². The van der Waals surface area contributed by atoms with Crippen LogP contribution in [0.25, 0.3) is 0 Å². The molecule has 5 heteroatoms. The van der Waals surface area contributed by atoms with E-state index in [0.717, 1.165) is 5.69 Å². The zero-order valence-corrected chi connectivity index (χ0v) is 8.52. The van der Waals surface area contributed by atoms with Gasteiger partial charge in [-0.25, -0.2) is 0 Å². The zero-order chi connectivity index (χ0) is 10.6. The zero-order valence-electron chi connectivity index (χ0n) is 8.52. The van der Waals surface area contributed by atoms with Gasteiger partial charge in [-0.15, -0.1) is 0 Å². The van der Waals surface area contributed by atoms with Crippen LogP contribution in [0.1, 0.15) is 12.1 Å². The summed E-state index contributed by atoms with van der Waals surface area (Å²) in [5, 5.41) is 13.1. The summed E-state index contributed by atoms with van der Waals surface area (Å²) in [6.07, 6.45) is 5.70. The van der Waals surface area contributed by atoms with E-state index in [-0.39, 0.29) is 0 Å². The first-order valence-corrected chi connectivity index (χ1v) is 5.04. The third-order valence-corrected chi connectivity index (χ3v) is 2.46. The van der Waals surface area contributed by atoms with Crippen molar-refractivity contribution in [3.8, 4) is 0 Å². The Morgan fingerprint density at radius 3 is 3.13 bits per heavy atom. The lowest BCUT2D eigenvalue weighted by Crippen LogP contribution is -2.40. The number of nitrogens with zero attached hydrogens (tertiary/aromatic N) is 2. The molecule has 0 aromatic carbocycles. The van der Waals surface area contributed by atoms with Crippen LogP contribution < -0.4 is 5.32 Å². The SMILES string of the molecule is OC1(CNCc2cnccn2)CCOC1. The number of hydrogen-bond acceptors (Lipinski definition) is 5. The highest BCUT2D eigenvalue weighted by Crippen LogP contribution is 2.16. The summed E-state index contributed by atoms with van der Waals surface area (Å²) in [6, 6.07) is 0. The van der Waals surface area contributed by atoms with Gasteiger partial charge in [-0.05, 0) is 0 Å². The molecule has 1 atom stereocenters. The van der Waals surface area contributed by atoms with E-state index in [1.165, 1.54) is 0 Å². The molecule has 0 saturated carbocycles. The van der Waals surface area contributed by atoms with Crippen molar-refractivity contribution >= 4 is 0 Å². The molecule has 1 aromatic heterocycles. The van der Waals surface area contributed by atoms with Crippen LogP contribution in [0.4, 0.5) is 0 Å². The monoisotopic (exact) mass is 209 g/mol. The first-order valence-electron chi connectivity index (χ1n) is 5.04. The third kappa shape index (κ3) is 2.95. The van der Waals surface area contributed by atoms with Gasteiger partial charge in [0.2, 0.25) is 0 Å². The molecule has 5 nitrogen and oxygen atoms in total. The molecule has 82 valence electrons. The van der Waals surface area contributed by atoms with Crippen LogP contribution in [0.15, 0.2) is 18.6 Å². The van der Waals surface area contributed by atoms with Crippen molar-refractivity contribution < 1.29 is 9.84 Å². The average Bonchev–Trinajstić information content (AvgIpc) is 2.67. The summed E-state index contributed by atoms with van der Waals surface area (Å²) in [6.45, 7) is 2.21. The van der Waals surface area contributed by atoms with Gasteiger partial charge >= 0.3 is 0 Å². The van der Waals surface area contributed by atoms with Gasteiger partial charge < -0.3 is 15.2 Å². The molecule has 1 fully saturated rings. The van der Waals surface area contributed by atoms with Crippen LogP contribution in [-0.4, -0.2) is 40.4 Å². The Labute approximate surface area is 88.5 Å². The van der Waals surface area contributed by atoms with Crippen LogP contribution in [0, 0.1) is 0 Å². The molecule has 0 spiro atoms. The fourth-order valence-electron chi connectivity index (χ4n) is 1.58. The predicted octanol–water partition coefficient (Wildman–Crippen LogP) is -0.282. The third-order valence-electron chi connectivity index (χ3n) is 2.46. The molecule has 0 radical (unpaired) electrons. The number of rotatable bonds is 4. The van der Waals surface area contributed by atoms with Crippen molar-refractivity contribution in [2.45, 2.75) is 18.6 Å². The van der Waals surface area contributed by atoms with E-state index < -0.39 is 5.60 Å². The van der Waals surface area contributed by atoms with Gasteiger partial charge in [0.05, 0.1) is 12.3 Å². The van der Waals surface area contributed by atoms with Gasteiger partial charge in [-0.1, -0.05) is 0 Å². The second kappa shape index (κ2) is 4.65. The molecule has 1 aliphatic rings. The maximum Gasteiger partial charge on any atom is 0.103 e. The Morgan fingerprint density at radius 1 is 1.53 bits per heavy atom. The molecule has 1 saturated heterocycles. The first-order chi connectivity index (χ1) is 7.29. The fraction of sp³-hybridized carbons (Fsp3) is 0.600. The highest BCUT2D eigenvalue weighted by Gasteiger charge is 2.31. The van der Waals surface area contributed by atoms with Crippen LogP contribution in [0.2, 0.25) is 0 Å². The molecule has 2 rings (SSSR count). The Bertz CT molecular complexity index is 299. The minimum absolute atomic E-state index is 0.417. The Hall–Kier alpha value is -1.04. The summed E-state index contributed by atoms with van der Waals surface area (Å²) < 4.78 is 5.14. The summed E-state index contributed by atoms with van der Waals surface area (Å²) in [5.74, 6) is 0. The summed E-state index contributed by atoms with van der Waals surface area (Å²) >= 11 is 0. The molecule has 0 aliphatic carbocycles. The van der Waals surface area contributed by atoms with Crippen molar-refractivity contribution in [2.24, 2.45) is 0 Å². The quantitative estimate of drug-likeness (QED) is 0.713. The fourth-order valence-corrected chi connectivity index (χ4v) is 1.58. The van der Waals surface area contributed by atoms with Crippen LogP contribution in [0.3, 0.4) is 0 Å². The lowest BCUT2D eigenvalue weighted by molar-refractivity contribution is 0.0268. The average molecular weight is 209 g/mol. The van der Waals surface area contributed by atoms with E-state index >= 15 is 0 Å². The number of aromatic nitrogens is 2. The Morgan fingerprint density at radius 2 is 2.47 bits per heavy atom. The molecule has 1 aromatic rings. The Kier molecular flexibility index (Phi) is 3.25. The molecule has 1 unspecified atom stereocenters. The van der Waals surface area contributed by atoms with Crippen molar-refractivity contribution in [1.29, 1.82) is 0 Å². The van der Waals surface area contributed by atoms with E-state index in [1.54, 1.807) is 18.6 Å². The number of aliphatic hydroxyl groups is 1. The van der Waals surface area contributed by atoms with Gasteiger partial charge in [-0.3, -0.25) is 9.97 Å². The maximum atomic E-state index is 9.95. The smallest absolute Gasteiger partial charge is 0.103 e. The maximum absolute atomic E-state index is 9.95. The van der Waals surface area contributed by atoms with E-state index in [4.69, 9.17) is 4.74 Å². The molecular weight excluding hydrogens is 194 g/mol. The van der Waals surface area contributed by atoms with E-state index in [0.29, 0.717) is 32.7 Å². The minimum atomic E-state index is -0.706. The highest BCUT2D eigenvalue weighted by molar-refractivity contribution is 4.94. The molecule has 0 amide bonds. The molecule has 15 heavy (non-hydrogen) atoms. The summed E-state index contributed by atoms with van der Waals surface area (Å²) in [5.41, 5.74) is 0.169. The van der Waals surface area contributed by atoms with Gasteiger partial charge in [0.1, 0.15) is 5.60 Å². The largest absolute Gasteiger partial charge is 0.386 e. The van der Waals surface area contributed by atoms with E-state index in [9.17, 15) is 5.11 Å². The molecule has 2 N–H and O–H groups in total. The Balaban J connectivity index is 1.75. The number of nitrogens with one attached hydrogen (secondary N) is 1. The van der Waals surface area contributed by atoms with Gasteiger partial charge in [0, 0.05) is 44.7 Å². The number of hydrogen-bond donors (Lipinski definition) is 2. The predicted molar refractivity (Wildman–Crippen MR) is 54.1 cm³/mol. The van der Waals surface area contributed by atoms with E-state index in [2.05, 4.69) is 15.3 Å². The van der Waals surface area contributed by atoms with Crippen molar-refractivity contribution in [3.05, 3.63) is 24.3 Å². The molecular formula is C10H15N3O2. The summed E-state index contributed by atoms with van der Waals surface area (Å²) in [7, 11) is 0. The lowest BCUT2D eigenvalue weighted by Gasteiger charge is -2.20. The van der Waals surface area contributed by atoms with Gasteiger partial charge in [-0.2, -0.15) is 0 Å². The van der Waals surface area contributed by atoms with Crippen molar-refractivity contribution in [2.75, 3.05) is 19.8 Å². The van der Waals surface area contributed by atoms with Crippen LogP contribution in [-0.2, 0) is 11.3 Å². The lowest BCUT2D eigenvalue weighted by atomic mass is 10.0. The van der Waals surface area contributed by atoms with Crippen molar-refractivity contribution in [3.63, 3.8) is 0 Å². The molecule has 2 heterocycles. The molecule has 1 aliphatic heterocycles. The minimum Gasteiger partial charge on any atom is -0.386 e. The summed E-state index contributed by atoms with van der Waals surface area (Å²) in [4.78, 5) is 8.09. The van der Waals surface area contributed by atoms with Gasteiger partial charge in [0.15, 0.2) is 0 Å². The highest BCUT2D eigenvalue weighted by atomic mass is 16.5. The van der Waals surface area contributed by atoms with Crippen molar-refractivity contribution in [1.82, 2.24) is 15.3 Å². The van der Waals surface area contributed by atoms with Crippen LogP contribution in [0.5, 0.6) is 0 Å². The number of ether oxygens (including phenoxy) is 1. The van der Waals surface area contributed by atoms with Crippen LogP contribution >= 0.6 is 0 Å². The normalized spacial score (nSPS) is 25.7. The second-order valence-corrected chi connectivity index (χ2v) is 3.83. The second-order valence-electron chi connectivity index (χ2n) is 3.83. The standard InChI is InChI=1S/C10H15N3O2/c14-10(1-4-15-8-10)7-12-6-9-5-11-2-3-13-9/h2-3,5,12,14H,1,4,6-8H2.